The molecule has 0 aliphatic carbocycles. The molecule has 0 saturated heterocycles. The third kappa shape index (κ3) is 5.91. The van der Waals surface area contributed by atoms with Crippen LogP contribution in [0.4, 0.5) is 8.78 Å². The van der Waals surface area contributed by atoms with Gasteiger partial charge in [-0.3, -0.25) is 4.90 Å². The molecule has 0 amide bonds. The number of hydrogen-bond donors (Lipinski definition) is 1. The van der Waals surface area contributed by atoms with E-state index in [9.17, 15) is 13.9 Å². The van der Waals surface area contributed by atoms with Crippen LogP contribution in [0.25, 0.3) is 5.69 Å². The predicted octanol–water partition coefficient (Wildman–Crippen LogP) is 4.47. The molecule has 1 heterocycles. The topological polar surface area (TPSA) is 59.8 Å². The number of rotatable bonds is 11. The second-order valence-corrected chi connectivity index (χ2v) is 7.63. The lowest BCUT2D eigenvalue weighted by molar-refractivity contribution is 0.0356. The summed E-state index contributed by atoms with van der Waals surface area (Å²) in [6.45, 7) is 5.71. The van der Waals surface area contributed by atoms with E-state index in [1.165, 1.54) is 18.2 Å². The van der Waals surface area contributed by atoms with Crippen LogP contribution in [0.5, 0.6) is 11.6 Å². The fraction of sp³-hybridized carbons (Fsp3) is 0.375. The van der Waals surface area contributed by atoms with Crippen molar-refractivity contribution in [3.05, 3.63) is 71.4 Å². The van der Waals surface area contributed by atoms with Crippen LogP contribution in [0.1, 0.15) is 24.6 Å². The van der Waals surface area contributed by atoms with Crippen molar-refractivity contribution in [3.63, 3.8) is 0 Å². The van der Waals surface area contributed by atoms with E-state index in [-0.39, 0.29) is 18.2 Å². The number of halogens is 2. The number of ether oxygens (including phenoxy) is 2. The number of aryl methyl sites for hydroxylation is 1. The molecule has 1 N–H and O–H groups in total. The van der Waals surface area contributed by atoms with Crippen LogP contribution in [0, 0.1) is 18.6 Å². The fourth-order valence-electron chi connectivity index (χ4n) is 3.53. The molecule has 2 aromatic carbocycles. The fourth-order valence-corrected chi connectivity index (χ4v) is 3.53. The molecule has 172 valence electrons. The zero-order valence-electron chi connectivity index (χ0n) is 18.6. The number of aromatic nitrogens is 2. The molecule has 1 atom stereocenters. The molecule has 0 bridgehead atoms. The van der Waals surface area contributed by atoms with Gasteiger partial charge in [0.2, 0.25) is 5.88 Å². The summed E-state index contributed by atoms with van der Waals surface area (Å²) in [5.41, 5.74) is 2.05. The molecule has 1 aromatic heterocycles. The van der Waals surface area contributed by atoms with Gasteiger partial charge in [-0.2, -0.15) is 5.10 Å². The Morgan fingerprint density at radius 1 is 1.12 bits per heavy atom. The zero-order chi connectivity index (χ0) is 23.1. The molecule has 6 nitrogen and oxygen atoms in total. The van der Waals surface area contributed by atoms with E-state index in [2.05, 4.69) is 16.9 Å². The van der Waals surface area contributed by atoms with Gasteiger partial charge in [-0.15, -0.1) is 0 Å². The molecule has 32 heavy (non-hydrogen) atoms. The van der Waals surface area contributed by atoms with Crippen LogP contribution in [0.3, 0.4) is 0 Å². The van der Waals surface area contributed by atoms with Crippen molar-refractivity contribution < 1.29 is 23.4 Å². The maximum atomic E-state index is 14.4. The van der Waals surface area contributed by atoms with Gasteiger partial charge in [-0.25, -0.2) is 13.5 Å². The Bertz CT molecular complexity index is 1010. The first-order valence-electron chi connectivity index (χ1n) is 10.6. The Morgan fingerprint density at radius 2 is 1.84 bits per heavy atom. The smallest absolute Gasteiger partial charge is 0.227 e. The maximum Gasteiger partial charge on any atom is 0.227 e. The van der Waals surface area contributed by atoms with Gasteiger partial charge in [0.25, 0.3) is 0 Å². The number of para-hydroxylation sites is 1. The van der Waals surface area contributed by atoms with Crippen molar-refractivity contribution in [1.29, 1.82) is 0 Å². The molecular formula is C24H29F2N3O3. The molecular weight excluding hydrogens is 416 g/mol. The number of hydrogen-bond acceptors (Lipinski definition) is 5. The van der Waals surface area contributed by atoms with Crippen LogP contribution in [-0.4, -0.2) is 52.7 Å². The van der Waals surface area contributed by atoms with Crippen LogP contribution >= 0.6 is 0 Å². The first kappa shape index (κ1) is 23.8. The lowest BCUT2D eigenvalue weighted by Crippen LogP contribution is -2.35. The summed E-state index contributed by atoms with van der Waals surface area (Å²) in [6.07, 6.45) is 0.240. The molecule has 0 unspecified atom stereocenters. The Labute approximate surface area is 187 Å². The number of aliphatic hydroxyl groups excluding tert-OH is 1. The van der Waals surface area contributed by atoms with Gasteiger partial charge < -0.3 is 14.6 Å². The quantitative estimate of drug-likeness (QED) is 0.472. The monoisotopic (exact) mass is 445 g/mol. The van der Waals surface area contributed by atoms with Gasteiger partial charge in [0.15, 0.2) is 11.6 Å². The van der Waals surface area contributed by atoms with E-state index in [1.807, 2.05) is 6.92 Å². The molecule has 0 saturated carbocycles. The zero-order valence-corrected chi connectivity index (χ0v) is 18.6. The van der Waals surface area contributed by atoms with E-state index in [0.717, 1.165) is 18.5 Å². The Balaban J connectivity index is 2.01. The van der Waals surface area contributed by atoms with Crippen molar-refractivity contribution in [3.8, 4) is 17.3 Å². The van der Waals surface area contributed by atoms with E-state index in [4.69, 9.17) is 9.47 Å². The number of benzene rings is 2. The highest BCUT2D eigenvalue weighted by Gasteiger charge is 2.23. The molecule has 0 spiro atoms. The second-order valence-electron chi connectivity index (χ2n) is 7.63. The van der Waals surface area contributed by atoms with Gasteiger partial charge >= 0.3 is 0 Å². The number of methoxy groups -OCH3 is 1. The first-order chi connectivity index (χ1) is 15.4. The van der Waals surface area contributed by atoms with Crippen molar-refractivity contribution in [1.82, 2.24) is 14.7 Å². The van der Waals surface area contributed by atoms with Crippen LogP contribution < -0.4 is 4.74 Å². The summed E-state index contributed by atoms with van der Waals surface area (Å²) in [5, 5.41) is 14.8. The molecule has 3 rings (SSSR count). The van der Waals surface area contributed by atoms with E-state index in [1.54, 1.807) is 42.1 Å². The minimum atomic E-state index is -0.644. The standard InChI is InChI=1S/C24H29F2N3O3/c1-4-13-28(14-20(30)16-31-3)15-21-17(2)27-29(19-11-9-18(25)10-12-19)24(21)32-23-8-6-5-7-22(23)26/h5-12,20,30H,4,13-16H2,1-3H3/t20-/m1/s1. The van der Waals surface area contributed by atoms with Gasteiger partial charge in [0.1, 0.15) is 5.82 Å². The van der Waals surface area contributed by atoms with Crippen molar-refractivity contribution in [2.75, 3.05) is 26.8 Å². The SMILES string of the molecule is CCCN(Cc1c(C)nn(-c2ccc(F)cc2)c1Oc1ccccc1F)C[C@@H](O)COC. The third-order valence-corrected chi connectivity index (χ3v) is 5.00. The highest BCUT2D eigenvalue weighted by molar-refractivity contribution is 5.43. The summed E-state index contributed by atoms with van der Waals surface area (Å²) in [5.74, 6) is -0.445. The lowest BCUT2D eigenvalue weighted by Gasteiger charge is -2.24. The van der Waals surface area contributed by atoms with Gasteiger partial charge in [0, 0.05) is 20.2 Å². The first-order valence-corrected chi connectivity index (χ1v) is 10.6. The van der Waals surface area contributed by atoms with Crippen LogP contribution in [0.2, 0.25) is 0 Å². The van der Waals surface area contributed by atoms with Crippen molar-refractivity contribution in [2.45, 2.75) is 32.9 Å². The third-order valence-electron chi connectivity index (χ3n) is 5.00. The van der Waals surface area contributed by atoms with Gasteiger partial charge in [-0.1, -0.05) is 19.1 Å². The van der Waals surface area contributed by atoms with E-state index in [0.29, 0.717) is 30.4 Å². The summed E-state index contributed by atoms with van der Waals surface area (Å²) in [4.78, 5) is 2.08. The van der Waals surface area contributed by atoms with E-state index < -0.39 is 11.9 Å². The highest BCUT2D eigenvalue weighted by Crippen LogP contribution is 2.33. The van der Waals surface area contributed by atoms with Crippen LogP contribution in [-0.2, 0) is 11.3 Å². The summed E-state index contributed by atoms with van der Waals surface area (Å²) in [7, 11) is 1.55. The average Bonchev–Trinajstić information content (AvgIpc) is 3.06. The summed E-state index contributed by atoms with van der Waals surface area (Å²) >= 11 is 0. The Kier molecular flexibility index (Phi) is 8.33. The molecule has 8 heteroatoms. The Hall–Kier alpha value is -2.81. The summed E-state index contributed by atoms with van der Waals surface area (Å²) < 4.78 is 40.5. The number of aliphatic hydroxyl groups is 1. The van der Waals surface area contributed by atoms with Gasteiger partial charge in [0.05, 0.1) is 29.7 Å². The average molecular weight is 446 g/mol. The minimum absolute atomic E-state index is 0.0680. The largest absolute Gasteiger partial charge is 0.435 e. The Morgan fingerprint density at radius 3 is 2.50 bits per heavy atom. The lowest BCUT2D eigenvalue weighted by atomic mass is 10.2. The second kappa shape index (κ2) is 11.2. The predicted molar refractivity (Wildman–Crippen MR) is 118 cm³/mol. The normalized spacial score (nSPS) is 12.3. The summed E-state index contributed by atoms with van der Waals surface area (Å²) in [6, 6.07) is 12.0. The van der Waals surface area contributed by atoms with Gasteiger partial charge in [-0.05, 0) is 56.3 Å². The van der Waals surface area contributed by atoms with Crippen molar-refractivity contribution >= 4 is 0 Å². The van der Waals surface area contributed by atoms with E-state index >= 15 is 0 Å². The number of nitrogens with zero attached hydrogens (tertiary/aromatic N) is 3. The molecule has 0 aliphatic heterocycles. The highest BCUT2D eigenvalue weighted by atomic mass is 19.1. The maximum absolute atomic E-state index is 14.4. The minimum Gasteiger partial charge on any atom is -0.435 e. The molecule has 3 aromatic rings. The molecule has 0 fully saturated rings. The molecule has 0 radical (unpaired) electrons. The van der Waals surface area contributed by atoms with Crippen molar-refractivity contribution in [2.24, 2.45) is 0 Å². The molecule has 0 aliphatic rings. The van der Waals surface area contributed by atoms with Crippen LogP contribution in [0.15, 0.2) is 48.5 Å².